The van der Waals surface area contributed by atoms with Crippen molar-refractivity contribution < 1.29 is 9.52 Å². The minimum absolute atomic E-state index is 0.0185. The molecule has 0 spiro atoms. The Morgan fingerprint density at radius 2 is 1.50 bits per heavy atom. The second kappa shape index (κ2) is 8.12. The highest BCUT2D eigenvalue weighted by Gasteiger charge is 2.24. The maximum Gasteiger partial charge on any atom is 0.356 e. The number of piperazine rings is 1. The van der Waals surface area contributed by atoms with E-state index < -0.39 is 5.63 Å². The molecule has 4 aromatic rings. The van der Waals surface area contributed by atoms with Crippen LogP contribution in [0.3, 0.4) is 0 Å². The molecule has 1 aliphatic rings. The maximum atomic E-state index is 12.7. The molecule has 0 unspecified atom stereocenters. The molecule has 6 nitrogen and oxygen atoms in total. The highest BCUT2D eigenvalue weighted by Crippen LogP contribution is 2.33. The van der Waals surface area contributed by atoms with Gasteiger partial charge in [-0.25, -0.2) is 4.79 Å². The van der Waals surface area contributed by atoms with Crippen molar-refractivity contribution in [2.24, 2.45) is 0 Å². The predicted octanol–water partition coefficient (Wildman–Crippen LogP) is 4.36. The summed E-state index contributed by atoms with van der Waals surface area (Å²) in [7, 11) is 0. The van der Waals surface area contributed by atoms with Crippen molar-refractivity contribution in [1.82, 2.24) is 0 Å². The number of para-hydroxylation sites is 2. The van der Waals surface area contributed by atoms with Crippen LogP contribution in [0.5, 0.6) is 5.75 Å². The van der Waals surface area contributed by atoms with E-state index in [1.165, 1.54) is 0 Å². The summed E-state index contributed by atoms with van der Waals surface area (Å²) in [6, 6.07) is 24.9. The van der Waals surface area contributed by atoms with Crippen LogP contribution in [0.4, 0.5) is 11.4 Å². The van der Waals surface area contributed by atoms with Gasteiger partial charge in [0.25, 0.3) is 0 Å². The number of hydrogen-bond acceptors (Lipinski definition) is 6. The molecule has 1 fully saturated rings. The van der Waals surface area contributed by atoms with Gasteiger partial charge in [-0.15, -0.1) is 0 Å². The number of nitrogens with zero attached hydrogens (tertiary/aromatic N) is 3. The third-order valence-corrected chi connectivity index (χ3v) is 5.94. The monoisotopic (exact) mass is 423 g/mol. The van der Waals surface area contributed by atoms with E-state index in [0.29, 0.717) is 37.6 Å². The molecule has 6 heteroatoms. The van der Waals surface area contributed by atoms with Crippen LogP contribution in [-0.2, 0) is 0 Å². The van der Waals surface area contributed by atoms with Crippen LogP contribution in [0, 0.1) is 11.3 Å². The topological polar surface area (TPSA) is 80.7 Å². The van der Waals surface area contributed by atoms with Crippen LogP contribution in [0.15, 0.2) is 82.0 Å². The smallest absolute Gasteiger partial charge is 0.356 e. The van der Waals surface area contributed by atoms with Crippen LogP contribution in [0.1, 0.15) is 5.56 Å². The lowest BCUT2D eigenvalue weighted by Crippen LogP contribution is -2.47. The van der Waals surface area contributed by atoms with E-state index in [0.717, 1.165) is 22.0 Å². The first-order valence-electron chi connectivity index (χ1n) is 10.5. The average Bonchev–Trinajstić information content (AvgIpc) is 2.83. The van der Waals surface area contributed by atoms with Gasteiger partial charge in [0.15, 0.2) is 5.56 Å². The van der Waals surface area contributed by atoms with Gasteiger partial charge in [-0.3, -0.25) is 0 Å². The fourth-order valence-electron chi connectivity index (χ4n) is 4.33. The number of benzene rings is 3. The van der Waals surface area contributed by atoms with E-state index in [9.17, 15) is 15.2 Å². The molecule has 1 saturated heterocycles. The molecule has 0 radical (unpaired) electrons. The zero-order chi connectivity index (χ0) is 22.1. The van der Waals surface area contributed by atoms with Crippen LogP contribution < -0.4 is 15.4 Å². The fraction of sp³-hybridized carbons (Fsp3) is 0.154. The molecule has 0 bridgehead atoms. The Bertz CT molecular complexity index is 1390. The van der Waals surface area contributed by atoms with Gasteiger partial charge in [0.2, 0.25) is 0 Å². The molecule has 2 heterocycles. The molecule has 0 aliphatic carbocycles. The largest absolute Gasteiger partial charge is 0.506 e. The van der Waals surface area contributed by atoms with Crippen molar-refractivity contribution in [3.05, 3.63) is 88.8 Å². The number of anilines is 2. The van der Waals surface area contributed by atoms with E-state index in [1.807, 2.05) is 65.6 Å². The van der Waals surface area contributed by atoms with Gasteiger partial charge in [-0.1, -0.05) is 54.6 Å². The lowest BCUT2D eigenvalue weighted by Gasteiger charge is -2.37. The van der Waals surface area contributed by atoms with Crippen LogP contribution >= 0.6 is 0 Å². The minimum atomic E-state index is -0.629. The van der Waals surface area contributed by atoms with Crippen LogP contribution in [0.25, 0.3) is 22.1 Å². The van der Waals surface area contributed by atoms with Crippen molar-refractivity contribution in [3.8, 4) is 23.1 Å². The van der Waals surface area contributed by atoms with Gasteiger partial charge < -0.3 is 19.3 Å². The highest BCUT2D eigenvalue weighted by atomic mass is 16.4. The third-order valence-electron chi connectivity index (χ3n) is 5.94. The summed E-state index contributed by atoms with van der Waals surface area (Å²) < 4.78 is 5.58. The lowest BCUT2D eigenvalue weighted by molar-refractivity contribution is 0.472. The number of aromatic hydroxyl groups is 1. The highest BCUT2D eigenvalue weighted by molar-refractivity contribution is 5.95. The summed E-state index contributed by atoms with van der Waals surface area (Å²) in [4.78, 5) is 16.9. The Balaban J connectivity index is 1.51. The van der Waals surface area contributed by atoms with Crippen LogP contribution in [-0.4, -0.2) is 31.3 Å². The summed E-state index contributed by atoms with van der Waals surface area (Å²) in [6.07, 6.45) is 0. The summed E-state index contributed by atoms with van der Waals surface area (Å²) >= 11 is 0. The first kappa shape index (κ1) is 19.7. The fourth-order valence-corrected chi connectivity index (χ4v) is 4.33. The standard InChI is InChI=1S/C26H21N3O3/c27-17-21-23(29-14-12-28(13-15-29)22-10-3-4-11-24(22)30)16-25(32-26(21)31)20-9-5-7-18-6-1-2-8-19(18)20/h1-11,16,30H,12-15H2. The molecule has 1 aliphatic heterocycles. The Labute approximate surface area is 185 Å². The first-order chi connectivity index (χ1) is 15.7. The van der Waals surface area contributed by atoms with E-state index in [-0.39, 0.29) is 11.3 Å². The van der Waals surface area contributed by atoms with Crippen molar-refractivity contribution in [1.29, 1.82) is 5.26 Å². The minimum Gasteiger partial charge on any atom is -0.506 e. The number of phenols is 1. The Kier molecular flexibility index (Phi) is 5.00. The summed E-state index contributed by atoms with van der Waals surface area (Å²) in [5, 5.41) is 21.8. The van der Waals surface area contributed by atoms with E-state index in [1.54, 1.807) is 18.2 Å². The van der Waals surface area contributed by atoms with Gasteiger partial charge in [-0.2, -0.15) is 5.26 Å². The number of fused-ring (bicyclic) bond motifs is 1. The van der Waals surface area contributed by atoms with Crippen molar-refractivity contribution in [2.45, 2.75) is 0 Å². The average molecular weight is 423 g/mol. The Morgan fingerprint density at radius 1 is 0.844 bits per heavy atom. The SMILES string of the molecule is N#Cc1c(N2CCN(c3ccccc3O)CC2)cc(-c2cccc3ccccc23)oc1=O. The van der Waals surface area contributed by atoms with Gasteiger partial charge >= 0.3 is 5.63 Å². The molecule has 3 aromatic carbocycles. The molecule has 1 aromatic heterocycles. The maximum absolute atomic E-state index is 12.7. The summed E-state index contributed by atoms with van der Waals surface area (Å²) in [6.45, 7) is 2.54. The number of phenolic OH excluding ortho intramolecular Hbond substituents is 1. The number of rotatable bonds is 3. The second-order valence-corrected chi connectivity index (χ2v) is 7.76. The molecule has 0 amide bonds. The number of nitriles is 1. The van der Waals surface area contributed by atoms with Gasteiger partial charge in [0, 0.05) is 37.8 Å². The van der Waals surface area contributed by atoms with Gasteiger partial charge in [0.05, 0.1) is 11.4 Å². The quantitative estimate of drug-likeness (QED) is 0.527. The molecular weight excluding hydrogens is 402 g/mol. The summed E-state index contributed by atoms with van der Waals surface area (Å²) in [5.74, 6) is 0.696. The number of hydrogen-bond donors (Lipinski definition) is 1. The van der Waals surface area contributed by atoms with Crippen molar-refractivity contribution in [2.75, 3.05) is 36.0 Å². The lowest BCUT2D eigenvalue weighted by atomic mass is 10.0. The molecule has 1 N–H and O–H groups in total. The zero-order valence-corrected chi connectivity index (χ0v) is 17.4. The molecule has 158 valence electrons. The normalized spacial score (nSPS) is 13.8. The zero-order valence-electron chi connectivity index (χ0n) is 17.4. The van der Waals surface area contributed by atoms with Crippen LogP contribution in [0.2, 0.25) is 0 Å². The second-order valence-electron chi connectivity index (χ2n) is 7.76. The third kappa shape index (κ3) is 3.44. The van der Waals surface area contributed by atoms with Crippen molar-refractivity contribution in [3.63, 3.8) is 0 Å². The molecule has 5 rings (SSSR count). The van der Waals surface area contributed by atoms with Crippen molar-refractivity contribution >= 4 is 22.1 Å². The molecular formula is C26H21N3O3. The van der Waals surface area contributed by atoms with Gasteiger partial charge in [0.1, 0.15) is 17.6 Å². The molecule has 0 saturated carbocycles. The van der Waals surface area contributed by atoms with E-state index in [4.69, 9.17) is 4.42 Å². The molecule has 0 atom stereocenters. The summed E-state index contributed by atoms with van der Waals surface area (Å²) in [5.41, 5.74) is 1.58. The molecule has 32 heavy (non-hydrogen) atoms. The van der Waals surface area contributed by atoms with E-state index >= 15 is 0 Å². The Hall–Kier alpha value is -4.24. The Morgan fingerprint density at radius 3 is 2.25 bits per heavy atom. The van der Waals surface area contributed by atoms with Gasteiger partial charge in [-0.05, 0) is 22.9 Å². The predicted molar refractivity (Wildman–Crippen MR) is 125 cm³/mol. The van der Waals surface area contributed by atoms with E-state index in [2.05, 4.69) is 4.90 Å². The first-order valence-corrected chi connectivity index (χ1v) is 10.5.